The molecule has 1 aromatic heterocycles. The Balaban J connectivity index is 1.73. The van der Waals surface area contributed by atoms with E-state index < -0.39 is 30.1 Å². The molecule has 6 nitrogen and oxygen atoms in total. The molecule has 13 heteroatoms. The van der Waals surface area contributed by atoms with Gasteiger partial charge in [-0.15, -0.1) is 11.3 Å². The average molecular weight is 517 g/mol. The number of benzene rings is 2. The molecule has 0 aliphatic carbocycles. The molecule has 0 unspecified atom stereocenters. The fourth-order valence-corrected chi connectivity index (χ4v) is 4.33. The summed E-state index contributed by atoms with van der Waals surface area (Å²) in [6.45, 7) is 0. The van der Waals surface area contributed by atoms with Crippen LogP contribution in [0.3, 0.4) is 0 Å². The number of hydrogen-bond donors (Lipinski definition) is 1. The molecular formula is C22H17F6N3O3S. The van der Waals surface area contributed by atoms with Gasteiger partial charge in [-0.05, 0) is 24.3 Å². The van der Waals surface area contributed by atoms with E-state index in [0.29, 0.717) is 10.8 Å². The Morgan fingerprint density at radius 3 is 2.26 bits per heavy atom. The fourth-order valence-electron chi connectivity index (χ4n) is 3.48. The predicted molar refractivity (Wildman–Crippen MR) is 117 cm³/mol. The first-order chi connectivity index (χ1) is 16.4. The highest BCUT2D eigenvalue weighted by Crippen LogP contribution is 2.46. The van der Waals surface area contributed by atoms with Gasteiger partial charge in [0.25, 0.3) is 5.72 Å². The van der Waals surface area contributed by atoms with Crippen molar-refractivity contribution in [2.24, 2.45) is 5.10 Å². The third-order valence-electron chi connectivity index (χ3n) is 5.34. The smallest absolute Gasteiger partial charge is 0.438 e. The molecule has 2 heterocycles. The van der Waals surface area contributed by atoms with Crippen LogP contribution in [0.15, 0.2) is 52.9 Å². The van der Waals surface area contributed by atoms with Crippen molar-refractivity contribution in [3.63, 3.8) is 0 Å². The van der Waals surface area contributed by atoms with E-state index in [1.165, 1.54) is 49.9 Å². The minimum atomic E-state index is -5.11. The van der Waals surface area contributed by atoms with Gasteiger partial charge in [0.1, 0.15) is 11.5 Å². The number of thiazole rings is 1. The van der Waals surface area contributed by atoms with Gasteiger partial charge in [-0.25, -0.2) is 4.98 Å². The van der Waals surface area contributed by atoms with Crippen LogP contribution in [-0.4, -0.2) is 41.9 Å². The minimum absolute atomic E-state index is 0.101. The molecule has 186 valence electrons. The van der Waals surface area contributed by atoms with Crippen molar-refractivity contribution >= 4 is 22.2 Å². The van der Waals surface area contributed by atoms with E-state index in [1.54, 1.807) is 0 Å². The van der Waals surface area contributed by atoms with Crippen LogP contribution < -0.4 is 14.5 Å². The predicted octanol–water partition coefficient (Wildman–Crippen LogP) is 5.71. The van der Waals surface area contributed by atoms with Crippen LogP contribution in [-0.2, 0) is 6.18 Å². The fraction of sp³-hybridized carbons (Fsp3) is 0.273. The summed E-state index contributed by atoms with van der Waals surface area (Å²) in [5, 5.41) is 16.2. The van der Waals surface area contributed by atoms with Gasteiger partial charge in [-0.1, -0.05) is 12.1 Å². The third-order valence-corrected chi connectivity index (χ3v) is 6.16. The third kappa shape index (κ3) is 4.52. The molecule has 35 heavy (non-hydrogen) atoms. The number of ether oxygens (including phenoxy) is 2. The summed E-state index contributed by atoms with van der Waals surface area (Å²) in [6, 6.07) is 8.48. The van der Waals surface area contributed by atoms with Crippen LogP contribution in [0.5, 0.6) is 11.5 Å². The number of methoxy groups -OCH3 is 2. The molecule has 2 aromatic carbocycles. The van der Waals surface area contributed by atoms with Crippen molar-refractivity contribution in [1.82, 2.24) is 4.98 Å². The Hall–Kier alpha value is -3.32. The zero-order valence-corrected chi connectivity index (χ0v) is 18.9. The number of hydrogen-bond acceptors (Lipinski definition) is 7. The molecule has 0 saturated heterocycles. The number of hydrazone groups is 1. The number of nitrogens with zero attached hydrogens (tertiary/aromatic N) is 3. The molecule has 0 saturated carbocycles. The van der Waals surface area contributed by atoms with Gasteiger partial charge in [-0.2, -0.15) is 36.5 Å². The van der Waals surface area contributed by atoms with Crippen LogP contribution >= 0.6 is 11.3 Å². The second-order valence-electron chi connectivity index (χ2n) is 7.51. The number of alkyl halides is 6. The summed E-state index contributed by atoms with van der Waals surface area (Å²) >= 11 is 0.757. The van der Waals surface area contributed by atoms with Crippen LogP contribution in [0.2, 0.25) is 0 Å². The molecule has 0 amide bonds. The van der Waals surface area contributed by atoms with Gasteiger partial charge in [0, 0.05) is 22.6 Å². The van der Waals surface area contributed by atoms with Gasteiger partial charge in [0.05, 0.1) is 37.6 Å². The monoisotopic (exact) mass is 517 g/mol. The first-order valence-corrected chi connectivity index (χ1v) is 10.8. The second-order valence-corrected chi connectivity index (χ2v) is 8.34. The number of anilines is 1. The molecule has 1 aliphatic heterocycles. The molecule has 1 atom stereocenters. The second kappa shape index (κ2) is 8.72. The summed E-state index contributed by atoms with van der Waals surface area (Å²) in [6.07, 6.45) is -10.6. The zero-order valence-electron chi connectivity index (χ0n) is 18.1. The molecule has 0 radical (unpaired) electrons. The lowest BCUT2D eigenvalue weighted by atomic mass is 10.00. The van der Waals surface area contributed by atoms with Crippen LogP contribution in [0.4, 0.5) is 31.5 Å². The number of aliphatic hydroxyl groups is 1. The first kappa shape index (κ1) is 24.8. The molecular weight excluding hydrogens is 500 g/mol. The Morgan fingerprint density at radius 1 is 1.00 bits per heavy atom. The Bertz CT molecular complexity index is 1260. The van der Waals surface area contributed by atoms with Crippen molar-refractivity contribution in [1.29, 1.82) is 0 Å². The quantitative estimate of drug-likeness (QED) is 0.439. The van der Waals surface area contributed by atoms with Crippen LogP contribution in [0.1, 0.15) is 17.5 Å². The van der Waals surface area contributed by atoms with Crippen molar-refractivity contribution in [3.8, 4) is 22.8 Å². The standard InChI is InChI=1S/C22H17F6N3O3S/c1-33-14-7-8-15(18(9-14)34-2)16-10-20(32,22(26,27)28)31(30-16)19-29-17(11-35-19)12-3-5-13(6-4-12)21(23,24)25/h3-9,11,32H,10H2,1-2H3/t20-/m0/s1. The molecule has 0 fully saturated rings. The maximum absolute atomic E-state index is 14.0. The lowest BCUT2D eigenvalue weighted by Gasteiger charge is -2.32. The molecule has 3 aromatic rings. The van der Waals surface area contributed by atoms with Gasteiger partial charge < -0.3 is 14.6 Å². The number of rotatable bonds is 5. The maximum atomic E-state index is 14.0. The summed E-state index contributed by atoms with van der Waals surface area (Å²) < 4.78 is 90.8. The minimum Gasteiger partial charge on any atom is -0.497 e. The summed E-state index contributed by atoms with van der Waals surface area (Å²) in [5.41, 5.74) is -3.76. The lowest BCUT2D eigenvalue weighted by Crippen LogP contribution is -2.55. The largest absolute Gasteiger partial charge is 0.497 e. The summed E-state index contributed by atoms with van der Waals surface area (Å²) in [7, 11) is 2.75. The highest BCUT2D eigenvalue weighted by Gasteiger charge is 2.62. The lowest BCUT2D eigenvalue weighted by molar-refractivity contribution is -0.254. The first-order valence-electron chi connectivity index (χ1n) is 9.90. The van der Waals surface area contributed by atoms with Gasteiger partial charge in [0.15, 0.2) is 0 Å². The highest BCUT2D eigenvalue weighted by molar-refractivity contribution is 7.14. The molecule has 1 N–H and O–H groups in total. The van der Waals surface area contributed by atoms with Gasteiger partial charge >= 0.3 is 12.4 Å². The Labute approximate surface area is 199 Å². The van der Waals surface area contributed by atoms with E-state index in [-0.39, 0.29) is 33.4 Å². The SMILES string of the molecule is COc1ccc(C2=NN(c3nc(-c4ccc(C(F)(F)F)cc4)cs3)[C@@](O)(C(F)(F)F)C2)c(OC)c1. The maximum Gasteiger partial charge on any atom is 0.438 e. The molecule has 4 rings (SSSR count). The van der Waals surface area contributed by atoms with Gasteiger partial charge in [0.2, 0.25) is 5.13 Å². The van der Waals surface area contributed by atoms with E-state index in [1.807, 2.05) is 0 Å². The van der Waals surface area contributed by atoms with E-state index in [2.05, 4.69) is 10.1 Å². The normalized spacial score (nSPS) is 18.5. The molecule has 0 bridgehead atoms. The van der Waals surface area contributed by atoms with Gasteiger partial charge in [-0.3, -0.25) is 0 Å². The number of halogens is 6. The van der Waals surface area contributed by atoms with E-state index >= 15 is 0 Å². The molecule has 1 aliphatic rings. The van der Waals surface area contributed by atoms with E-state index in [4.69, 9.17) is 9.47 Å². The number of aromatic nitrogens is 1. The van der Waals surface area contributed by atoms with Crippen molar-refractivity contribution < 1.29 is 40.9 Å². The highest BCUT2D eigenvalue weighted by atomic mass is 32.1. The van der Waals surface area contributed by atoms with E-state index in [9.17, 15) is 31.4 Å². The Morgan fingerprint density at radius 2 is 1.69 bits per heavy atom. The van der Waals surface area contributed by atoms with Crippen molar-refractivity contribution in [3.05, 3.63) is 59.0 Å². The van der Waals surface area contributed by atoms with Crippen molar-refractivity contribution in [2.45, 2.75) is 24.5 Å². The van der Waals surface area contributed by atoms with Crippen LogP contribution in [0, 0.1) is 0 Å². The topological polar surface area (TPSA) is 67.2 Å². The average Bonchev–Trinajstić information content (AvgIpc) is 3.43. The summed E-state index contributed by atoms with van der Waals surface area (Å²) in [4.78, 5) is 4.11. The van der Waals surface area contributed by atoms with E-state index in [0.717, 1.165) is 23.5 Å². The zero-order chi connectivity index (χ0) is 25.6. The van der Waals surface area contributed by atoms with Crippen molar-refractivity contribution in [2.75, 3.05) is 19.2 Å². The molecule has 0 spiro atoms. The Kier molecular flexibility index (Phi) is 6.18. The van der Waals surface area contributed by atoms with Crippen LogP contribution in [0.25, 0.3) is 11.3 Å². The summed E-state index contributed by atoms with van der Waals surface area (Å²) in [5.74, 6) is 0.604.